The van der Waals surface area contributed by atoms with E-state index in [2.05, 4.69) is 27.1 Å². The molecule has 1 saturated carbocycles. The second kappa shape index (κ2) is 9.24. The van der Waals surface area contributed by atoms with E-state index in [0.717, 1.165) is 12.8 Å². The fraction of sp³-hybridized carbons (Fsp3) is 0.478. The number of aromatic nitrogens is 2. The monoisotopic (exact) mass is 519 g/mol. The molecule has 1 unspecified atom stereocenters. The van der Waals surface area contributed by atoms with Gasteiger partial charge in [0.2, 0.25) is 0 Å². The predicted octanol–water partition coefficient (Wildman–Crippen LogP) is 3.89. The first-order valence-electron chi connectivity index (χ1n) is 11.2. The van der Waals surface area contributed by atoms with Gasteiger partial charge in [0.15, 0.2) is 11.0 Å². The Bertz CT molecular complexity index is 1280. The van der Waals surface area contributed by atoms with Gasteiger partial charge >= 0.3 is 12.2 Å². The molecule has 0 aromatic carbocycles. The zero-order chi connectivity index (χ0) is 24.9. The molecule has 0 radical (unpaired) electrons. The summed E-state index contributed by atoms with van der Waals surface area (Å²) in [6, 6.07) is -0.624. The number of halogens is 2. The lowest BCUT2D eigenvalue weighted by Crippen LogP contribution is -2.49. The van der Waals surface area contributed by atoms with Gasteiger partial charge in [-0.25, -0.2) is 23.9 Å². The molecule has 2 amide bonds. The maximum absolute atomic E-state index is 14.9. The van der Waals surface area contributed by atoms with E-state index < -0.39 is 18.0 Å². The molecule has 0 spiro atoms. The normalized spacial score (nSPS) is 24.7. The third-order valence-electron chi connectivity index (χ3n) is 6.97. The highest BCUT2D eigenvalue weighted by molar-refractivity contribution is 7.98. The van der Waals surface area contributed by atoms with Crippen molar-refractivity contribution >= 4 is 52.1 Å². The molecule has 12 heteroatoms. The summed E-state index contributed by atoms with van der Waals surface area (Å²) >= 11 is 7.25. The van der Waals surface area contributed by atoms with Crippen LogP contribution in [-0.4, -0.2) is 81.6 Å². The minimum Gasteiger partial charge on any atom is -0.465 e. The summed E-state index contributed by atoms with van der Waals surface area (Å²) in [5.41, 5.74) is 1.17. The Kier molecular flexibility index (Phi) is 6.27. The number of carbonyl (C=O) groups is 2. The molecule has 35 heavy (non-hydrogen) atoms. The van der Waals surface area contributed by atoms with E-state index in [9.17, 15) is 19.1 Å². The molecule has 4 aliphatic rings. The Morgan fingerprint density at radius 3 is 2.89 bits per heavy atom. The third-order valence-corrected chi connectivity index (χ3v) is 7.92. The maximum Gasteiger partial charge on any atom is 0.410 e. The molecule has 2 bridgehead atoms. The number of likely N-dealkylation sites (tertiary alicyclic amines) is 1. The average molecular weight is 520 g/mol. The summed E-state index contributed by atoms with van der Waals surface area (Å²) in [5.74, 6) is 5.79. The highest BCUT2D eigenvalue weighted by Gasteiger charge is 2.54. The van der Waals surface area contributed by atoms with Crippen LogP contribution in [0.5, 0.6) is 0 Å². The van der Waals surface area contributed by atoms with Crippen molar-refractivity contribution in [3.63, 3.8) is 0 Å². The van der Waals surface area contributed by atoms with E-state index in [-0.39, 0.29) is 34.7 Å². The van der Waals surface area contributed by atoms with Gasteiger partial charge < -0.3 is 20.1 Å². The number of hydrogen-bond acceptors (Lipinski definition) is 7. The molecule has 184 valence electrons. The van der Waals surface area contributed by atoms with Crippen LogP contribution in [0.2, 0.25) is 5.15 Å². The number of anilines is 1. The van der Waals surface area contributed by atoms with Crippen molar-refractivity contribution in [2.24, 2.45) is 5.92 Å². The van der Waals surface area contributed by atoms with E-state index in [4.69, 9.17) is 16.3 Å². The van der Waals surface area contributed by atoms with Crippen LogP contribution >= 0.6 is 23.4 Å². The molecular formula is C23H23ClFN5O4S. The van der Waals surface area contributed by atoms with Crippen molar-refractivity contribution in [3.05, 3.63) is 22.7 Å². The summed E-state index contributed by atoms with van der Waals surface area (Å²) < 4.78 is 19.8. The van der Waals surface area contributed by atoms with Gasteiger partial charge in [-0.2, -0.15) is 0 Å². The Hall–Kier alpha value is -2.97. The number of nitrogens with zero attached hydrogens (tertiary/aromatic N) is 4. The van der Waals surface area contributed by atoms with Crippen molar-refractivity contribution < 1.29 is 23.8 Å². The quantitative estimate of drug-likeness (QED) is 0.357. The number of pyridine rings is 2. The van der Waals surface area contributed by atoms with Crippen molar-refractivity contribution in [2.45, 2.75) is 42.4 Å². The van der Waals surface area contributed by atoms with Crippen LogP contribution < -0.4 is 5.32 Å². The topological polar surface area (TPSA) is 108 Å². The number of nitrogens with one attached hydrogen (secondary N) is 1. The Morgan fingerprint density at radius 2 is 2.20 bits per heavy atom. The van der Waals surface area contributed by atoms with Gasteiger partial charge in [0, 0.05) is 30.6 Å². The first-order valence-corrected chi connectivity index (χ1v) is 12.8. The van der Waals surface area contributed by atoms with Crippen LogP contribution in [0.1, 0.15) is 24.8 Å². The lowest BCUT2D eigenvalue weighted by atomic mass is 9.79. The molecule has 2 aromatic heterocycles. The van der Waals surface area contributed by atoms with Crippen LogP contribution in [0.4, 0.5) is 19.7 Å². The predicted molar refractivity (Wildman–Crippen MR) is 129 cm³/mol. The SMILES string of the molecule is COC(=O)N1CCCC1C#Cc1c(SC)nc2c(F)c(Cl)ncc2c1N[C@H]1[C@@H]2C[C@H]1N(C(=O)O)C2. The van der Waals surface area contributed by atoms with Crippen LogP contribution in [0.3, 0.4) is 0 Å². The smallest absolute Gasteiger partial charge is 0.410 e. The van der Waals surface area contributed by atoms with Gasteiger partial charge in [-0.3, -0.25) is 4.90 Å². The minimum atomic E-state index is -0.949. The summed E-state index contributed by atoms with van der Waals surface area (Å²) in [5, 5.41) is 13.6. The van der Waals surface area contributed by atoms with Crippen molar-refractivity contribution in [2.75, 3.05) is 31.8 Å². The van der Waals surface area contributed by atoms with Crippen molar-refractivity contribution in [1.82, 2.24) is 19.8 Å². The van der Waals surface area contributed by atoms with Gasteiger partial charge in [-0.1, -0.05) is 23.4 Å². The van der Waals surface area contributed by atoms with E-state index in [1.807, 2.05) is 6.26 Å². The standard InChI is InChI=1S/C23H23ClFN5O4S/c1-34-23(33)29-7-3-4-12(29)5-6-13-18(27-17-11-8-15(17)30(10-11)22(31)32)14-9-26-20(24)16(25)19(14)28-21(13)35-2/h9,11-12,15,17H,3-4,7-8,10H2,1-2H3,(H,27,28)(H,31,32)/t11-,12?,15-,17+/m1/s1. The Balaban J connectivity index is 1.60. The molecule has 2 N–H and O–H groups in total. The Morgan fingerprint density at radius 1 is 1.40 bits per heavy atom. The third kappa shape index (κ3) is 3.98. The number of methoxy groups -OCH3 is 1. The van der Waals surface area contributed by atoms with Gasteiger partial charge in [0.1, 0.15) is 10.5 Å². The number of amides is 2. The second-order valence-electron chi connectivity index (χ2n) is 8.76. The number of thioether (sulfide) groups is 1. The molecule has 2 aromatic rings. The number of ether oxygens (including phenoxy) is 1. The van der Waals surface area contributed by atoms with Crippen LogP contribution in [-0.2, 0) is 4.74 Å². The highest BCUT2D eigenvalue weighted by atomic mass is 35.5. The van der Waals surface area contributed by atoms with Crippen LogP contribution in [0, 0.1) is 23.6 Å². The Labute approximate surface area is 210 Å². The van der Waals surface area contributed by atoms with E-state index in [0.29, 0.717) is 41.2 Å². The molecule has 1 aliphatic carbocycles. The summed E-state index contributed by atoms with van der Waals surface area (Å²) in [6.07, 6.45) is 4.20. The molecule has 4 fully saturated rings. The lowest BCUT2D eigenvalue weighted by molar-refractivity contribution is 0.126. The zero-order valence-corrected chi connectivity index (χ0v) is 20.6. The maximum atomic E-state index is 14.9. The second-order valence-corrected chi connectivity index (χ2v) is 9.91. The number of hydrogen-bond donors (Lipinski definition) is 2. The largest absolute Gasteiger partial charge is 0.465 e. The summed E-state index contributed by atoms with van der Waals surface area (Å²) in [6.45, 7) is 1.01. The fourth-order valence-electron chi connectivity index (χ4n) is 5.19. The lowest BCUT2D eigenvalue weighted by Gasteiger charge is -2.37. The van der Waals surface area contributed by atoms with E-state index >= 15 is 0 Å². The molecule has 9 nitrogen and oxygen atoms in total. The average Bonchev–Trinajstić information content (AvgIpc) is 3.58. The molecular weight excluding hydrogens is 497 g/mol. The molecule has 5 heterocycles. The number of fused-ring (bicyclic) bond motifs is 2. The molecule has 3 saturated heterocycles. The molecule has 6 rings (SSSR count). The van der Waals surface area contributed by atoms with Gasteiger partial charge in [-0.15, -0.1) is 11.8 Å². The van der Waals surface area contributed by atoms with Crippen molar-refractivity contribution in [3.8, 4) is 11.8 Å². The number of rotatable bonds is 3. The summed E-state index contributed by atoms with van der Waals surface area (Å²) in [4.78, 5) is 35.2. The highest BCUT2D eigenvalue weighted by Crippen LogP contribution is 2.45. The zero-order valence-electron chi connectivity index (χ0n) is 19.0. The first kappa shape index (κ1) is 23.8. The van der Waals surface area contributed by atoms with Crippen LogP contribution in [0.15, 0.2) is 11.2 Å². The molecule has 4 atom stereocenters. The minimum absolute atomic E-state index is 0.0706. The molecule has 3 aliphatic heterocycles. The summed E-state index contributed by atoms with van der Waals surface area (Å²) in [7, 11) is 1.34. The van der Waals surface area contributed by atoms with E-state index in [1.54, 1.807) is 4.90 Å². The number of carboxylic acid groups (broad SMARTS) is 1. The van der Waals surface area contributed by atoms with Gasteiger partial charge in [-0.05, 0) is 25.5 Å². The van der Waals surface area contributed by atoms with Crippen LogP contribution in [0.25, 0.3) is 10.9 Å². The van der Waals surface area contributed by atoms with Gasteiger partial charge in [0.05, 0.1) is 36.5 Å². The van der Waals surface area contributed by atoms with Crippen molar-refractivity contribution in [1.29, 1.82) is 0 Å². The fourth-order valence-corrected chi connectivity index (χ4v) is 5.87. The first-order chi connectivity index (χ1) is 16.8. The van der Waals surface area contributed by atoms with E-state index in [1.165, 1.54) is 30.0 Å². The number of carbonyl (C=O) groups excluding carboxylic acids is 1. The van der Waals surface area contributed by atoms with Gasteiger partial charge in [0.25, 0.3) is 0 Å².